The number of hydrogen-bond donors (Lipinski definition) is 1. The topological polar surface area (TPSA) is 104 Å². The van der Waals surface area contributed by atoms with Gasteiger partial charge in [-0.05, 0) is 49.2 Å². The summed E-state index contributed by atoms with van der Waals surface area (Å²) in [5.74, 6) is -2.43. The molecule has 0 bridgehead atoms. The predicted octanol–water partition coefficient (Wildman–Crippen LogP) is 3.13. The molecule has 38 heavy (non-hydrogen) atoms. The normalized spacial score (nSPS) is 14.7. The van der Waals surface area contributed by atoms with Gasteiger partial charge in [-0.3, -0.25) is 14.4 Å². The molecule has 1 heterocycles. The van der Waals surface area contributed by atoms with E-state index in [0.717, 1.165) is 5.56 Å². The van der Waals surface area contributed by atoms with Crippen LogP contribution in [0.4, 0.5) is 4.39 Å². The van der Waals surface area contributed by atoms with Gasteiger partial charge in [-0.2, -0.15) is 0 Å². The Hall–Kier alpha value is -4.05. The summed E-state index contributed by atoms with van der Waals surface area (Å²) in [7, 11) is -4.24. The van der Waals surface area contributed by atoms with Crippen molar-refractivity contribution in [2.75, 3.05) is 6.54 Å². The third kappa shape index (κ3) is 5.75. The number of fused-ring (bicyclic) bond motifs is 1. The van der Waals surface area contributed by atoms with E-state index in [9.17, 15) is 27.2 Å². The second kappa shape index (κ2) is 11.1. The van der Waals surface area contributed by atoms with Crippen LogP contribution in [0.3, 0.4) is 0 Å². The van der Waals surface area contributed by atoms with Crippen LogP contribution < -0.4 is 5.32 Å². The molecular formula is C28H28FN3O5S. The van der Waals surface area contributed by atoms with Crippen LogP contribution in [-0.4, -0.2) is 54.0 Å². The molecule has 3 aromatic rings. The van der Waals surface area contributed by atoms with Crippen LogP contribution in [0.5, 0.6) is 0 Å². The first kappa shape index (κ1) is 27.0. The Morgan fingerprint density at radius 3 is 2.18 bits per heavy atom. The molecule has 3 aromatic carbocycles. The van der Waals surface area contributed by atoms with Crippen molar-refractivity contribution >= 4 is 27.7 Å². The molecule has 0 aliphatic carbocycles. The summed E-state index contributed by atoms with van der Waals surface area (Å²) in [4.78, 5) is 41.2. The molecule has 0 unspecified atom stereocenters. The van der Waals surface area contributed by atoms with Gasteiger partial charge < -0.3 is 10.2 Å². The van der Waals surface area contributed by atoms with Crippen molar-refractivity contribution in [3.63, 3.8) is 0 Å². The lowest BCUT2D eigenvalue weighted by Crippen LogP contribution is -2.54. The van der Waals surface area contributed by atoms with Gasteiger partial charge in [0.2, 0.25) is 11.8 Å². The van der Waals surface area contributed by atoms with Gasteiger partial charge in [-0.1, -0.05) is 54.6 Å². The molecule has 8 nitrogen and oxygen atoms in total. The van der Waals surface area contributed by atoms with Crippen LogP contribution in [0.25, 0.3) is 0 Å². The minimum Gasteiger partial charge on any atom is -0.352 e. The zero-order valence-electron chi connectivity index (χ0n) is 21.0. The number of nitrogens with one attached hydrogen (secondary N) is 1. The zero-order chi connectivity index (χ0) is 27.4. The first-order chi connectivity index (χ1) is 18.1. The largest absolute Gasteiger partial charge is 0.352 e. The van der Waals surface area contributed by atoms with E-state index in [-0.39, 0.29) is 29.5 Å². The van der Waals surface area contributed by atoms with Gasteiger partial charge in [0.15, 0.2) is 0 Å². The SMILES string of the molecule is CC(C)NC(=O)[C@@H](Cc1ccccc1)N(Cc1ccc(F)cc1)C(=O)CN1C(=O)c2ccccc2S1(=O)=O. The molecule has 0 spiro atoms. The van der Waals surface area contributed by atoms with E-state index in [1.807, 2.05) is 30.3 Å². The van der Waals surface area contributed by atoms with Gasteiger partial charge in [0, 0.05) is 19.0 Å². The fourth-order valence-electron chi connectivity index (χ4n) is 4.32. The number of amides is 3. The number of nitrogens with zero attached hydrogens (tertiary/aromatic N) is 2. The molecule has 1 aliphatic heterocycles. The Balaban J connectivity index is 1.71. The van der Waals surface area contributed by atoms with Crippen LogP contribution in [0.2, 0.25) is 0 Å². The molecule has 1 atom stereocenters. The van der Waals surface area contributed by atoms with Crippen LogP contribution in [0, 0.1) is 5.82 Å². The number of benzene rings is 3. The highest BCUT2D eigenvalue weighted by molar-refractivity contribution is 7.90. The molecule has 4 rings (SSSR count). The van der Waals surface area contributed by atoms with Crippen molar-refractivity contribution < 1.29 is 27.2 Å². The van der Waals surface area contributed by atoms with Crippen molar-refractivity contribution in [1.82, 2.24) is 14.5 Å². The van der Waals surface area contributed by atoms with Crippen molar-refractivity contribution in [3.05, 3.63) is 101 Å². The quantitative estimate of drug-likeness (QED) is 0.452. The molecule has 0 aromatic heterocycles. The summed E-state index contributed by atoms with van der Waals surface area (Å²) in [5, 5.41) is 2.83. The van der Waals surface area contributed by atoms with E-state index in [1.54, 1.807) is 19.9 Å². The lowest BCUT2D eigenvalue weighted by molar-refractivity contribution is -0.141. The minimum absolute atomic E-state index is 0.0104. The van der Waals surface area contributed by atoms with E-state index in [0.29, 0.717) is 9.87 Å². The predicted molar refractivity (Wildman–Crippen MR) is 139 cm³/mol. The maximum atomic E-state index is 13.8. The minimum atomic E-state index is -4.24. The zero-order valence-corrected chi connectivity index (χ0v) is 21.8. The van der Waals surface area contributed by atoms with Crippen molar-refractivity contribution in [3.8, 4) is 0 Å². The number of rotatable bonds is 9. The molecule has 10 heteroatoms. The highest BCUT2D eigenvalue weighted by Gasteiger charge is 2.43. The highest BCUT2D eigenvalue weighted by Crippen LogP contribution is 2.30. The fraction of sp³-hybridized carbons (Fsp3) is 0.250. The van der Waals surface area contributed by atoms with Gasteiger partial charge in [0.1, 0.15) is 23.3 Å². The summed E-state index contributed by atoms with van der Waals surface area (Å²) in [6.45, 7) is 2.70. The van der Waals surface area contributed by atoms with Crippen molar-refractivity contribution in [1.29, 1.82) is 0 Å². The third-order valence-corrected chi connectivity index (χ3v) is 7.95. The van der Waals surface area contributed by atoms with Gasteiger partial charge >= 0.3 is 0 Å². The molecule has 0 fully saturated rings. The maximum absolute atomic E-state index is 13.8. The Morgan fingerprint density at radius 2 is 1.55 bits per heavy atom. The van der Waals surface area contributed by atoms with E-state index in [4.69, 9.17) is 0 Å². The molecule has 0 radical (unpaired) electrons. The summed E-state index contributed by atoms with van der Waals surface area (Å²) in [6, 6.07) is 19.1. The smallest absolute Gasteiger partial charge is 0.269 e. The number of carbonyl (C=O) groups is 3. The van der Waals surface area contributed by atoms with E-state index in [1.165, 1.54) is 47.4 Å². The Bertz CT molecular complexity index is 1440. The average Bonchev–Trinajstić information content (AvgIpc) is 3.08. The molecule has 1 aliphatic rings. The van der Waals surface area contributed by atoms with Gasteiger partial charge in [-0.25, -0.2) is 17.1 Å². The second-order valence-electron chi connectivity index (χ2n) is 9.33. The van der Waals surface area contributed by atoms with Gasteiger partial charge in [0.25, 0.3) is 15.9 Å². The molecule has 198 valence electrons. The maximum Gasteiger partial charge on any atom is 0.269 e. The third-order valence-electron chi connectivity index (χ3n) is 6.16. The summed E-state index contributed by atoms with van der Waals surface area (Å²) < 4.78 is 40.3. The number of hydrogen-bond acceptors (Lipinski definition) is 5. The van der Waals surface area contributed by atoms with Crippen LogP contribution in [-0.2, 0) is 32.6 Å². The van der Waals surface area contributed by atoms with Crippen molar-refractivity contribution in [2.45, 2.75) is 43.8 Å². The van der Waals surface area contributed by atoms with Crippen molar-refractivity contribution in [2.24, 2.45) is 0 Å². The molecule has 0 saturated carbocycles. The Kier molecular flexibility index (Phi) is 7.91. The van der Waals surface area contributed by atoms with Crippen LogP contribution in [0.1, 0.15) is 35.3 Å². The lowest BCUT2D eigenvalue weighted by Gasteiger charge is -2.33. The van der Waals surface area contributed by atoms with Gasteiger partial charge in [-0.15, -0.1) is 0 Å². The molecule has 1 N–H and O–H groups in total. The van der Waals surface area contributed by atoms with E-state index in [2.05, 4.69) is 5.32 Å². The first-order valence-electron chi connectivity index (χ1n) is 12.1. The highest BCUT2D eigenvalue weighted by atomic mass is 32.2. The Morgan fingerprint density at radius 1 is 0.921 bits per heavy atom. The van der Waals surface area contributed by atoms with E-state index < -0.39 is 46.1 Å². The van der Waals surface area contributed by atoms with Crippen LogP contribution >= 0.6 is 0 Å². The summed E-state index contributed by atoms with van der Waals surface area (Å²) >= 11 is 0. The average molecular weight is 538 g/mol. The standard InChI is InChI=1S/C28H28FN3O5S/c1-19(2)30-27(34)24(16-20-8-4-3-5-9-20)31(17-21-12-14-22(29)15-13-21)26(33)18-32-28(35)23-10-6-7-11-25(23)38(32,36)37/h3-15,19,24H,16-18H2,1-2H3,(H,30,34)/t24-/m1/s1. The number of carbonyl (C=O) groups excluding carboxylic acids is 3. The number of sulfonamides is 1. The summed E-state index contributed by atoms with van der Waals surface area (Å²) in [6.07, 6.45) is 0.146. The molecule has 0 saturated heterocycles. The monoisotopic (exact) mass is 537 g/mol. The second-order valence-corrected chi connectivity index (χ2v) is 11.2. The van der Waals surface area contributed by atoms with E-state index >= 15 is 0 Å². The first-order valence-corrected chi connectivity index (χ1v) is 13.6. The van der Waals surface area contributed by atoms with Gasteiger partial charge in [0.05, 0.1) is 5.56 Å². The Labute approximate surface area is 221 Å². The molecule has 3 amide bonds. The van der Waals surface area contributed by atoms with Crippen LogP contribution in [0.15, 0.2) is 83.8 Å². The molecular weight excluding hydrogens is 509 g/mol. The summed E-state index contributed by atoms with van der Waals surface area (Å²) in [5.41, 5.74) is 1.31. The lowest BCUT2D eigenvalue weighted by atomic mass is 10.0. The number of halogens is 1. The fourth-order valence-corrected chi connectivity index (χ4v) is 5.84.